The molecule has 0 aliphatic carbocycles. The maximum atomic E-state index is 5.06. The van der Waals surface area contributed by atoms with E-state index < -0.39 is 0 Å². The molecule has 0 aromatic carbocycles. The molecule has 0 saturated carbocycles. The van der Waals surface area contributed by atoms with Gasteiger partial charge in [0.25, 0.3) is 0 Å². The fraction of sp³-hybridized carbons (Fsp3) is 0.250. The first-order valence-electron chi connectivity index (χ1n) is 5.29. The summed E-state index contributed by atoms with van der Waals surface area (Å²) in [6, 6.07) is 5.73. The zero-order chi connectivity index (χ0) is 12.1. The molecule has 0 aliphatic heterocycles. The molecule has 2 heterocycles. The summed E-state index contributed by atoms with van der Waals surface area (Å²) in [6.45, 7) is 2.61. The van der Waals surface area contributed by atoms with Crippen LogP contribution in [0, 0.1) is 6.92 Å². The zero-order valence-electron chi connectivity index (χ0n) is 9.84. The van der Waals surface area contributed by atoms with E-state index in [1.165, 1.54) is 0 Å². The summed E-state index contributed by atoms with van der Waals surface area (Å²) in [4.78, 5) is 12.2. The van der Waals surface area contributed by atoms with Crippen molar-refractivity contribution in [3.05, 3.63) is 42.0 Å². The lowest BCUT2D eigenvalue weighted by molar-refractivity contribution is 0.397. The predicted molar refractivity (Wildman–Crippen MR) is 64.9 cm³/mol. The minimum Gasteiger partial charge on any atom is -0.481 e. The molecule has 2 aromatic heterocycles. The van der Waals surface area contributed by atoms with E-state index in [-0.39, 0.29) is 0 Å². The number of pyridine rings is 1. The average Bonchev–Trinajstić information content (AvgIpc) is 2.37. The number of ether oxygens (including phenoxy) is 1. The van der Waals surface area contributed by atoms with Crippen molar-refractivity contribution in [3.8, 4) is 5.88 Å². The number of aryl methyl sites for hydroxylation is 1. The number of rotatable bonds is 4. The van der Waals surface area contributed by atoms with E-state index in [1.54, 1.807) is 19.6 Å². The van der Waals surface area contributed by atoms with Crippen LogP contribution in [-0.2, 0) is 6.54 Å². The predicted octanol–water partition coefficient (Wildman–Crippen LogP) is 1.80. The molecule has 0 fully saturated rings. The van der Waals surface area contributed by atoms with Gasteiger partial charge >= 0.3 is 0 Å². The second kappa shape index (κ2) is 5.25. The van der Waals surface area contributed by atoms with Crippen molar-refractivity contribution in [2.24, 2.45) is 0 Å². The third kappa shape index (κ3) is 3.14. The van der Waals surface area contributed by atoms with E-state index in [4.69, 9.17) is 4.74 Å². The van der Waals surface area contributed by atoms with Gasteiger partial charge in [-0.25, -0.2) is 15.0 Å². The number of anilines is 1. The minimum atomic E-state index is 0.614. The van der Waals surface area contributed by atoms with Crippen LogP contribution in [0.25, 0.3) is 0 Å². The lowest BCUT2D eigenvalue weighted by Gasteiger charge is -2.06. The number of methoxy groups -OCH3 is 1. The van der Waals surface area contributed by atoms with Crippen molar-refractivity contribution in [3.63, 3.8) is 0 Å². The van der Waals surface area contributed by atoms with E-state index in [0.717, 1.165) is 17.1 Å². The van der Waals surface area contributed by atoms with Crippen LogP contribution in [0.3, 0.4) is 0 Å². The molecule has 0 aliphatic rings. The Hall–Kier alpha value is -2.17. The van der Waals surface area contributed by atoms with Gasteiger partial charge in [0.1, 0.15) is 12.1 Å². The smallest absolute Gasteiger partial charge is 0.213 e. The molecule has 17 heavy (non-hydrogen) atoms. The molecule has 5 nitrogen and oxygen atoms in total. The molecular formula is C12H14N4O. The standard InChI is InChI=1S/C12H14N4O/c1-9-5-11(16-8-15-9)14-7-10-3-4-13-12(6-10)17-2/h3-6,8H,7H2,1-2H3,(H,14,15,16). The molecule has 0 unspecified atom stereocenters. The Labute approximate surface area is 99.9 Å². The van der Waals surface area contributed by atoms with Crippen LogP contribution in [0.15, 0.2) is 30.7 Å². The highest BCUT2D eigenvalue weighted by molar-refractivity contribution is 5.36. The normalized spacial score (nSPS) is 10.0. The lowest BCUT2D eigenvalue weighted by atomic mass is 10.2. The molecule has 0 spiro atoms. The first kappa shape index (κ1) is 11.3. The summed E-state index contributed by atoms with van der Waals surface area (Å²) in [5.41, 5.74) is 2.03. The van der Waals surface area contributed by atoms with Crippen LogP contribution >= 0.6 is 0 Å². The second-order valence-electron chi connectivity index (χ2n) is 3.60. The van der Waals surface area contributed by atoms with E-state index in [0.29, 0.717) is 12.4 Å². The van der Waals surface area contributed by atoms with Gasteiger partial charge in [-0.15, -0.1) is 0 Å². The van der Waals surface area contributed by atoms with Crippen molar-refractivity contribution in [2.75, 3.05) is 12.4 Å². The fourth-order valence-electron chi connectivity index (χ4n) is 1.42. The molecular weight excluding hydrogens is 216 g/mol. The number of aromatic nitrogens is 3. The zero-order valence-corrected chi connectivity index (χ0v) is 9.84. The van der Waals surface area contributed by atoms with Crippen molar-refractivity contribution in [2.45, 2.75) is 13.5 Å². The van der Waals surface area contributed by atoms with E-state index in [1.807, 2.05) is 25.1 Å². The molecule has 0 radical (unpaired) electrons. The highest BCUT2D eigenvalue weighted by Gasteiger charge is 1.98. The summed E-state index contributed by atoms with van der Waals surface area (Å²) in [7, 11) is 1.60. The Kier molecular flexibility index (Phi) is 3.49. The minimum absolute atomic E-state index is 0.614. The highest BCUT2D eigenvalue weighted by atomic mass is 16.5. The van der Waals surface area contributed by atoms with Crippen molar-refractivity contribution in [1.29, 1.82) is 0 Å². The van der Waals surface area contributed by atoms with Crippen LogP contribution in [-0.4, -0.2) is 22.1 Å². The van der Waals surface area contributed by atoms with E-state index in [9.17, 15) is 0 Å². The summed E-state index contributed by atoms with van der Waals surface area (Å²) in [5, 5.41) is 3.22. The van der Waals surface area contributed by atoms with Crippen LogP contribution < -0.4 is 10.1 Å². The highest BCUT2D eigenvalue weighted by Crippen LogP contribution is 2.10. The molecule has 0 saturated heterocycles. The first-order chi connectivity index (χ1) is 8.28. The van der Waals surface area contributed by atoms with Crippen LogP contribution in [0.4, 0.5) is 5.82 Å². The third-order valence-corrected chi connectivity index (χ3v) is 2.29. The van der Waals surface area contributed by atoms with Gasteiger partial charge in [0.05, 0.1) is 7.11 Å². The maximum Gasteiger partial charge on any atom is 0.213 e. The molecule has 2 aromatic rings. The number of nitrogens with zero attached hydrogens (tertiary/aromatic N) is 3. The topological polar surface area (TPSA) is 59.9 Å². The van der Waals surface area contributed by atoms with Crippen molar-refractivity contribution < 1.29 is 4.74 Å². The lowest BCUT2D eigenvalue weighted by Crippen LogP contribution is -2.02. The largest absolute Gasteiger partial charge is 0.481 e. The Bertz CT molecular complexity index is 501. The van der Waals surface area contributed by atoms with Gasteiger partial charge in [0.2, 0.25) is 5.88 Å². The Morgan fingerprint density at radius 3 is 2.88 bits per heavy atom. The van der Waals surface area contributed by atoms with Gasteiger partial charge in [0, 0.05) is 30.6 Å². The molecule has 0 amide bonds. The molecule has 88 valence electrons. The Morgan fingerprint density at radius 2 is 2.12 bits per heavy atom. The average molecular weight is 230 g/mol. The first-order valence-corrected chi connectivity index (χ1v) is 5.29. The Morgan fingerprint density at radius 1 is 1.24 bits per heavy atom. The monoisotopic (exact) mass is 230 g/mol. The molecule has 1 N–H and O–H groups in total. The third-order valence-electron chi connectivity index (χ3n) is 2.29. The second-order valence-corrected chi connectivity index (χ2v) is 3.60. The molecule has 2 rings (SSSR count). The van der Waals surface area contributed by atoms with Gasteiger partial charge < -0.3 is 10.1 Å². The van der Waals surface area contributed by atoms with Gasteiger partial charge in [-0.2, -0.15) is 0 Å². The molecule has 0 atom stereocenters. The molecule has 5 heteroatoms. The summed E-state index contributed by atoms with van der Waals surface area (Å²) < 4.78 is 5.06. The number of hydrogen-bond donors (Lipinski definition) is 1. The number of hydrogen-bond acceptors (Lipinski definition) is 5. The number of nitrogens with one attached hydrogen (secondary N) is 1. The van der Waals surface area contributed by atoms with Crippen LogP contribution in [0.2, 0.25) is 0 Å². The summed E-state index contributed by atoms with van der Waals surface area (Å²) >= 11 is 0. The fourth-order valence-corrected chi connectivity index (χ4v) is 1.42. The summed E-state index contributed by atoms with van der Waals surface area (Å²) in [6.07, 6.45) is 3.27. The van der Waals surface area contributed by atoms with Crippen LogP contribution in [0.1, 0.15) is 11.3 Å². The van der Waals surface area contributed by atoms with Crippen molar-refractivity contribution in [1.82, 2.24) is 15.0 Å². The van der Waals surface area contributed by atoms with E-state index in [2.05, 4.69) is 20.3 Å². The summed E-state index contributed by atoms with van der Waals surface area (Å²) in [5.74, 6) is 1.43. The Balaban J connectivity index is 2.02. The van der Waals surface area contributed by atoms with Gasteiger partial charge in [-0.1, -0.05) is 0 Å². The van der Waals surface area contributed by atoms with Crippen LogP contribution in [0.5, 0.6) is 5.88 Å². The van der Waals surface area contributed by atoms with Crippen molar-refractivity contribution >= 4 is 5.82 Å². The SMILES string of the molecule is COc1cc(CNc2cc(C)ncn2)ccn1. The van der Waals surface area contributed by atoms with Gasteiger partial charge in [-0.3, -0.25) is 0 Å². The van der Waals surface area contributed by atoms with E-state index >= 15 is 0 Å². The molecule has 0 bridgehead atoms. The maximum absolute atomic E-state index is 5.06. The van der Waals surface area contributed by atoms with Gasteiger partial charge in [-0.05, 0) is 18.6 Å². The quantitative estimate of drug-likeness (QED) is 0.867. The van der Waals surface area contributed by atoms with Gasteiger partial charge in [0.15, 0.2) is 0 Å².